The number of ether oxygens (including phenoxy) is 2. The first kappa shape index (κ1) is 21.6. The summed E-state index contributed by atoms with van der Waals surface area (Å²) in [4.78, 5) is 13.4. The van der Waals surface area contributed by atoms with Gasteiger partial charge < -0.3 is 9.47 Å². The summed E-state index contributed by atoms with van der Waals surface area (Å²) in [5.41, 5.74) is 4.03. The third kappa shape index (κ3) is 4.39. The van der Waals surface area contributed by atoms with Crippen molar-refractivity contribution in [2.24, 2.45) is 0 Å². The zero-order valence-corrected chi connectivity index (χ0v) is 17.9. The summed E-state index contributed by atoms with van der Waals surface area (Å²) >= 11 is 0. The molecule has 3 rings (SSSR count). The van der Waals surface area contributed by atoms with Gasteiger partial charge in [-0.1, -0.05) is 30.9 Å². The lowest BCUT2D eigenvalue weighted by molar-refractivity contribution is -0.385. The van der Waals surface area contributed by atoms with Gasteiger partial charge in [-0.2, -0.15) is 0 Å². The minimum absolute atomic E-state index is 0.0465. The average Bonchev–Trinajstić information content (AvgIpc) is 2.75. The smallest absolute Gasteiger partial charge is 0.311 e. The Labute approximate surface area is 177 Å². The molecule has 0 aromatic heterocycles. The maximum Gasteiger partial charge on any atom is 0.311 e. The molecule has 158 valence electrons. The zero-order valence-electron chi connectivity index (χ0n) is 17.9. The molecular formula is C24H28N2O4. The Morgan fingerprint density at radius 1 is 1.20 bits per heavy atom. The Hall–Kier alpha value is -3.12. The number of methoxy groups -OCH3 is 2. The van der Waals surface area contributed by atoms with E-state index in [1.807, 2.05) is 12.1 Å². The van der Waals surface area contributed by atoms with Crippen molar-refractivity contribution >= 4 is 17.3 Å². The quantitative estimate of drug-likeness (QED) is 0.458. The highest BCUT2D eigenvalue weighted by Crippen LogP contribution is 2.38. The average molecular weight is 408 g/mol. The highest BCUT2D eigenvalue weighted by Gasteiger charge is 2.28. The van der Waals surface area contributed by atoms with Crippen LogP contribution in [-0.4, -0.2) is 36.1 Å². The van der Waals surface area contributed by atoms with Crippen LogP contribution in [0, 0.1) is 10.1 Å². The van der Waals surface area contributed by atoms with Gasteiger partial charge in [-0.05, 0) is 60.7 Å². The molecule has 0 amide bonds. The molecule has 1 heterocycles. The van der Waals surface area contributed by atoms with Crippen LogP contribution in [0.15, 0.2) is 49.1 Å². The SMILES string of the molecule is C=Cc1cc([N+](=O)[O-])c(OC)cc1C1=C[C@@H](C)N(Cc2ccc(OC)cc2)[C@@H](C)C1. The van der Waals surface area contributed by atoms with E-state index in [9.17, 15) is 10.1 Å². The fourth-order valence-corrected chi connectivity index (χ4v) is 4.07. The van der Waals surface area contributed by atoms with Gasteiger partial charge in [0.05, 0.1) is 19.1 Å². The molecule has 1 aliphatic heterocycles. The largest absolute Gasteiger partial charge is 0.497 e. The van der Waals surface area contributed by atoms with Crippen molar-refractivity contribution in [1.29, 1.82) is 0 Å². The molecule has 0 spiro atoms. The molecule has 1 aliphatic rings. The number of hydrogen-bond acceptors (Lipinski definition) is 5. The van der Waals surface area contributed by atoms with Crippen molar-refractivity contribution in [3.8, 4) is 11.5 Å². The Kier molecular flexibility index (Phi) is 6.57. The number of rotatable bonds is 7. The lowest BCUT2D eigenvalue weighted by Crippen LogP contribution is -2.41. The van der Waals surface area contributed by atoms with Crippen molar-refractivity contribution in [2.75, 3.05) is 14.2 Å². The minimum Gasteiger partial charge on any atom is -0.497 e. The summed E-state index contributed by atoms with van der Waals surface area (Å²) in [6.45, 7) is 9.08. The second-order valence-corrected chi connectivity index (χ2v) is 7.58. The summed E-state index contributed by atoms with van der Waals surface area (Å²) in [5.74, 6) is 1.12. The van der Waals surface area contributed by atoms with E-state index in [4.69, 9.17) is 9.47 Å². The van der Waals surface area contributed by atoms with Gasteiger partial charge in [0.2, 0.25) is 0 Å². The third-order valence-corrected chi connectivity index (χ3v) is 5.68. The molecule has 2 atom stereocenters. The van der Waals surface area contributed by atoms with E-state index in [2.05, 4.69) is 43.5 Å². The molecule has 30 heavy (non-hydrogen) atoms. The molecule has 0 N–H and O–H groups in total. The van der Waals surface area contributed by atoms with Crippen LogP contribution in [0.1, 0.15) is 37.0 Å². The van der Waals surface area contributed by atoms with Crippen molar-refractivity contribution < 1.29 is 14.4 Å². The molecular weight excluding hydrogens is 380 g/mol. The molecule has 6 nitrogen and oxygen atoms in total. The van der Waals surface area contributed by atoms with Crippen LogP contribution in [0.5, 0.6) is 11.5 Å². The topological polar surface area (TPSA) is 64.8 Å². The van der Waals surface area contributed by atoms with Crippen molar-refractivity contribution in [3.05, 3.63) is 75.9 Å². The minimum atomic E-state index is -0.424. The maximum absolute atomic E-state index is 11.4. The molecule has 0 saturated carbocycles. The fraction of sp³-hybridized carbons (Fsp3) is 0.333. The van der Waals surface area contributed by atoms with Crippen molar-refractivity contribution in [1.82, 2.24) is 4.90 Å². The molecule has 6 heteroatoms. The van der Waals surface area contributed by atoms with Gasteiger partial charge in [0.1, 0.15) is 5.75 Å². The standard InChI is InChI=1S/C24H28N2O4/c1-6-19-13-23(26(27)28)24(30-5)14-22(19)20-11-16(2)25(17(3)12-20)15-18-7-9-21(29-4)10-8-18/h6-11,13-14,16-17H,1,12,15H2,2-5H3/t16-,17+/m1/s1. The summed E-state index contributed by atoms with van der Waals surface area (Å²) < 4.78 is 10.5. The Morgan fingerprint density at radius 2 is 1.90 bits per heavy atom. The van der Waals surface area contributed by atoms with E-state index < -0.39 is 4.92 Å². The Morgan fingerprint density at radius 3 is 2.43 bits per heavy atom. The first-order valence-corrected chi connectivity index (χ1v) is 9.96. The molecule has 0 unspecified atom stereocenters. The Balaban J connectivity index is 1.90. The zero-order chi connectivity index (χ0) is 21.8. The number of nitro groups is 1. The monoisotopic (exact) mass is 408 g/mol. The van der Waals surface area contributed by atoms with E-state index >= 15 is 0 Å². The van der Waals surface area contributed by atoms with E-state index in [1.54, 1.807) is 25.3 Å². The van der Waals surface area contributed by atoms with Crippen LogP contribution in [0.3, 0.4) is 0 Å². The lowest BCUT2D eigenvalue weighted by atomic mass is 9.88. The first-order valence-electron chi connectivity index (χ1n) is 9.96. The van der Waals surface area contributed by atoms with Gasteiger partial charge >= 0.3 is 5.69 Å². The second-order valence-electron chi connectivity index (χ2n) is 7.58. The van der Waals surface area contributed by atoms with Crippen LogP contribution in [-0.2, 0) is 6.54 Å². The van der Waals surface area contributed by atoms with Gasteiger partial charge in [0.15, 0.2) is 5.75 Å². The van der Waals surface area contributed by atoms with E-state index in [0.29, 0.717) is 6.04 Å². The fourth-order valence-electron chi connectivity index (χ4n) is 4.07. The number of hydrogen-bond donors (Lipinski definition) is 0. The highest BCUT2D eigenvalue weighted by atomic mass is 16.6. The Bertz CT molecular complexity index is 966. The van der Waals surface area contributed by atoms with Gasteiger partial charge in [-0.3, -0.25) is 15.0 Å². The summed E-state index contributed by atoms with van der Waals surface area (Å²) in [7, 11) is 3.12. The summed E-state index contributed by atoms with van der Waals surface area (Å²) in [5, 5.41) is 11.4. The van der Waals surface area contributed by atoms with Crippen LogP contribution in [0.2, 0.25) is 0 Å². The number of nitrogens with zero attached hydrogens (tertiary/aromatic N) is 2. The number of nitro benzene ring substituents is 1. The highest BCUT2D eigenvalue weighted by molar-refractivity contribution is 5.78. The van der Waals surface area contributed by atoms with Gasteiger partial charge in [0, 0.05) is 24.7 Å². The van der Waals surface area contributed by atoms with Gasteiger partial charge in [-0.15, -0.1) is 0 Å². The third-order valence-electron chi connectivity index (χ3n) is 5.68. The van der Waals surface area contributed by atoms with Gasteiger partial charge in [-0.25, -0.2) is 0 Å². The van der Waals surface area contributed by atoms with E-state index in [1.165, 1.54) is 12.7 Å². The molecule has 0 fully saturated rings. The first-order chi connectivity index (χ1) is 14.4. The maximum atomic E-state index is 11.4. The summed E-state index contributed by atoms with van der Waals surface area (Å²) in [6, 6.07) is 12.0. The van der Waals surface area contributed by atoms with Gasteiger partial charge in [0.25, 0.3) is 0 Å². The summed E-state index contributed by atoms with van der Waals surface area (Å²) in [6.07, 6.45) is 4.74. The molecule has 0 bridgehead atoms. The molecule has 2 aromatic carbocycles. The van der Waals surface area contributed by atoms with E-state index in [-0.39, 0.29) is 17.5 Å². The molecule has 0 saturated heterocycles. The molecule has 2 aromatic rings. The van der Waals surface area contributed by atoms with Crippen LogP contribution in [0.25, 0.3) is 11.6 Å². The lowest BCUT2D eigenvalue weighted by Gasteiger charge is -2.38. The van der Waals surface area contributed by atoms with Crippen LogP contribution in [0.4, 0.5) is 5.69 Å². The molecule has 0 aliphatic carbocycles. The van der Waals surface area contributed by atoms with Crippen molar-refractivity contribution in [3.63, 3.8) is 0 Å². The predicted octanol–water partition coefficient (Wildman–Crippen LogP) is 5.32. The molecule has 0 radical (unpaired) electrons. The predicted molar refractivity (Wildman–Crippen MR) is 120 cm³/mol. The van der Waals surface area contributed by atoms with Crippen molar-refractivity contribution in [2.45, 2.75) is 38.9 Å². The van der Waals surface area contributed by atoms with Crippen LogP contribution >= 0.6 is 0 Å². The second kappa shape index (κ2) is 9.13. The normalized spacial score (nSPS) is 19.1. The number of benzene rings is 2. The van der Waals surface area contributed by atoms with Crippen LogP contribution < -0.4 is 9.47 Å². The van der Waals surface area contributed by atoms with E-state index in [0.717, 1.165) is 35.4 Å².